The lowest BCUT2D eigenvalue weighted by atomic mass is 9.78. The summed E-state index contributed by atoms with van der Waals surface area (Å²) in [5, 5.41) is 7.31. The van der Waals surface area contributed by atoms with E-state index in [1.165, 1.54) is 0 Å². The molecule has 0 unspecified atom stereocenters. The number of piperidine rings is 1. The Balaban J connectivity index is 1.50. The van der Waals surface area contributed by atoms with E-state index in [0.29, 0.717) is 31.4 Å². The van der Waals surface area contributed by atoms with Crippen LogP contribution in [-0.2, 0) is 16.1 Å². The number of aromatic nitrogens is 3. The van der Waals surface area contributed by atoms with E-state index < -0.39 is 0 Å². The van der Waals surface area contributed by atoms with Gasteiger partial charge in [0, 0.05) is 69.8 Å². The highest BCUT2D eigenvalue weighted by Gasteiger charge is 2.40. The average Bonchev–Trinajstić information content (AvgIpc) is 3.25. The number of nitrogens with one attached hydrogen (secondary N) is 1. The van der Waals surface area contributed by atoms with Crippen LogP contribution >= 0.6 is 0 Å². The van der Waals surface area contributed by atoms with Crippen LogP contribution < -0.4 is 10.9 Å². The Morgan fingerprint density at radius 3 is 2.97 bits per heavy atom. The molecule has 4 rings (SSSR count). The second-order valence-corrected chi connectivity index (χ2v) is 7.99. The van der Waals surface area contributed by atoms with Gasteiger partial charge in [-0.05, 0) is 24.5 Å². The second-order valence-electron chi connectivity index (χ2n) is 7.99. The molecule has 0 radical (unpaired) electrons. The number of carbonyl (C=O) groups is 1. The maximum Gasteiger partial charge on any atom is 0.251 e. The number of carbonyl (C=O) groups excluding carboxylic acids is 1. The summed E-state index contributed by atoms with van der Waals surface area (Å²) in [6.07, 6.45) is 5.18. The van der Waals surface area contributed by atoms with Crippen molar-refractivity contribution < 1.29 is 9.53 Å². The minimum absolute atomic E-state index is 0.0195. The standard InChI is InChI=1S/C21H29N5O3/c1-29-11-6-20(27)22-13-19-17-12-16(18-4-2-5-21(28)26(18)19)14-24(15-17)9-10-25-8-3-7-23-25/h2-5,7-8,16-17,19H,6,9-15H2,1H3,(H,22,27)/t16-,17+,19+/m1/s1. The molecule has 1 amide bonds. The molecule has 1 N–H and O–H groups in total. The van der Waals surface area contributed by atoms with E-state index in [4.69, 9.17) is 4.74 Å². The van der Waals surface area contributed by atoms with Gasteiger partial charge in [0.25, 0.3) is 5.56 Å². The first kappa shape index (κ1) is 19.8. The Morgan fingerprint density at radius 2 is 2.17 bits per heavy atom. The second kappa shape index (κ2) is 8.92. The van der Waals surface area contributed by atoms with Crippen molar-refractivity contribution in [2.75, 3.05) is 39.9 Å². The molecule has 2 aromatic heterocycles. The SMILES string of the molecule is COCCC(=O)NC[C@H]1[C@H]2C[C@H](CN(CCn3cccn3)C2)c2cccc(=O)n21. The van der Waals surface area contributed by atoms with Crippen LogP contribution in [-0.4, -0.2) is 65.1 Å². The fourth-order valence-electron chi connectivity index (χ4n) is 4.76. The summed E-state index contributed by atoms with van der Waals surface area (Å²) < 4.78 is 8.87. The molecular weight excluding hydrogens is 370 g/mol. The summed E-state index contributed by atoms with van der Waals surface area (Å²) in [7, 11) is 1.59. The first-order valence-electron chi connectivity index (χ1n) is 10.3. The Hall–Kier alpha value is -2.45. The Labute approximate surface area is 170 Å². The molecule has 1 saturated heterocycles. The molecule has 0 saturated carbocycles. The van der Waals surface area contributed by atoms with Gasteiger partial charge in [-0.2, -0.15) is 5.10 Å². The van der Waals surface area contributed by atoms with Crippen molar-refractivity contribution in [3.05, 3.63) is 52.7 Å². The fraction of sp³-hybridized carbons (Fsp3) is 0.571. The molecule has 8 nitrogen and oxygen atoms in total. The normalized spacial score (nSPS) is 23.6. The van der Waals surface area contributed by atoms with Crippen LogP contribution in [0.25, 0.3) is 0 Å². The zero-order chi connectivity index (χ0) is 20.2. The predicted molar refractivity (Wildman–Crippen MR) is 109 cm³/mol. The summed E-state index contributed by atoms with van der Waals surface area (Å²) in [5.41, 5.74) is 1.12. The van der Waals surface area contributed by atoms with Gasteiger partial charge in [0.15, 0.2) is 0 Å². The van der Waals surface area contributed by atoms with Gasteiger partial charge in [-0.3, -0.25) is 14.3 Å². The molecule has 4 heterocycles. The Morgan fingerprint density at radius 1 is 1.28 bits per heavy atom. The average molecular weight is 399 g/mol. The molecular formula is C21H29N5O3. The summed E-state index contributed by atoms with van der Waals surface area (Å²) in [5.74, 6) is 0.647. The van der Waals surface area contributed by atoms with E-state index in [2.05, 4.69) is 21.4 Å². The number of methoxy groups -OCH3 is 1. The van der Waals surface area contributed by atoms with E-state index in [1.54, 1.807) is 19.4 Å². The lowest BCUT2D eigenvalue weighted by Crippen LogP contribution is -2.52. The monoisotopic (exact) mass is 399 g/mol. The molecule has 2 aliphatic heterocycles. The number of rotatable bonds is 8. The quantitative estimate of drug-likeness (QED) is 0.712. The largest absolute Gasteiger partial charge is 0.384 e. The number of ether oxygens (including phenoxy) is 1. The molecule has 0 aliphatic carbocycles. The highest BCUT2D eigenvalue weighted by Crippen LogP contribution is 2.40. The van der Waals surface area contributed by atoms with Crippen LogP contribution in [0.5, 0.6) is 0 Å². The summed E-state index contributed by atoms with van der Waals surface area (Å²) >= 11 is 0. The van der Waals surface area contributed by atoms with Gasteiger partial charge in [-0.1, -0.05) is 6.07 Å². The van der Waals surface area contributed by atoms with Crippen molar-refractivity contribution in [1.82, 2.24) is 24.6 Å². The molecule has 2 aromatic rings. The number of likely N-dealkylation sites (tertiary alicyclic amines) is 1. The molecule has 0 aromatic carbocycles. The molecule has 0 spiro atoms. The number of amides is 1. The van der Waals surface area contributed by atoms with Crippen molar-refractivity contribution in [3.8, 4) is 0 Å². The van der Waals surface area contributed by atoms with Crippen LogP contribution in [0.15, 0.2) is 41.5 Å². The van der Waals surface area contributed by atoms with Gasteiger partial charge in [0.1, 0.15) is 0 Å². The zero-order valence-electron chi connectivity index (χ0n) is 16.9. The van der Waals surface area contributed by atoms with Crippen LogP contribution in [0.3, 0.4) is 0 Å². The molecule has 3 atom stereocenters. The third-order valence-electron chi connectivity index (χ3n) is 6.12. The van der Waals surface area contributed by atoms with E-state index in [0.717, 1.165) is 38.3 Å². The van der Waals surface area contributed by atoms with Crippen molar-refractivity contribution in [2.24, 2.45) is 5.92 Å². The Kier molecular flexibility index (Phi) is 6.10. The van der Waals surface area contributed by atoms with Gasteiger partial charge in [-0.15, -0.1) is 0 Å². The van der Waals surface area contributed by atoms with Crippen LogP contribution in [0, 0.1) is 5.92 Å². The molecule has 8 heteroatoms. The summed E-state index contributed by atoms with van der Waals surface area (Å²) in [6.45, 7) is 4.54. The third-order valence-corrected chi connectivity index (χ3v) is 6.12. The number of nitrogens with zero attached hydrogens (tertiary/aromatic N) is 4. The van der Waals surface area contributed by atoms with Gasteiger partial charge in [-0.25, -0.2) is 0 Å². The van der Waals surface area contributed by atoms with Crippen molar-refractivity contribution >= 4 is 5.91 Å². The predicted octanol–water partition coefficient (Wildman–Crippen LogP) is 0.858. The highest BCUT2D eigenvalue weighted by atomic mass is 16.5. The van der Waals surface area contributed by atoms with Crippen molar-refractivity contribution in [2.45, 2.75) is 31.3 Å². The molecule has 156 valence electrons. The van der Waals surface area contributed by atoms with Crippen LogP contribution in [0.2, 0.25) is 0 Å². The third kappa shape index (κ3) is 4.43. The highest BCUT2D eigenvalue weighted by molar-refractivity contribution is 5.75. The maximum atomic E-state index is 12.7. The minimum Gasteiger partial charge on any atom is -0.384 e. The number of fused-ring (bicyclic) bond motifs is 4. The first-order valence-corrected chi connectivity index (χ1v) is 10.3. The lowest BCUT2D eigenvalue weighted by molar-refractivity contribution is -0.122. The van der Waals surface area contributed by atoms with Crippen LogP contribution in [0.1, 0.15) is 30.5 Å². The van der Waals surface area contributed by atoms with Gasteiger partial charge >= 0.3 is 0 Å². The smallest absolute Gasteiger partial charge is 0.251 e. The van der Waals surface area contributed by atoms with Gasteiger partial charge in [0.2, 0.25) is 5.91 Å². The number of hydrogen-bond donors (Lipinski definition) is 1. The van der Waals surface area contributed by atoms with Crippen molar-refractivity contribution in [1.29, 1.82) is 0 Å². The number of hydrogen-bond acceptors (Lipinski definition) is 5. The molecule has 2 bridgehead atoms. The van der Waals surface area contributed by atoms with Gasteiger partial charge < -0.3 is 19.5 Å². The Bertz CT molecular complexity index is 879. The van der Waals surface area contributed by atoms with E-state index in [1.807, 2.05) is 27.6 Å². The first-order chi connectivity index (χ1) is 14.2. The summed E-state index contributed by atoms with van der Waals surface area (Å²) in [4.78, 5) is 27.3. The topological polar surface area (TPSA) is 81.4 Å². The lowest BCUT2D eigenvalue weighted by Gasteiger charge is -2.47. The minimum atomic E-state index is -0.0362. The molecule has 29 heavy (non-hydrogen) atoms. The zero-order valence-corrected chi connectivity index (χ0v) is 16.9. The maximum absolute atomic E-state index is 12.7. The van der Waals surface area contributed by atoms with Crippen molar-refractivity contribution in [3.63, 3.8) is 0 Å². The van der Waals surface area contributed by atoms with E-state index >= 15 is 0 Å². The summed E-state index contributed by atoms with van der Waals surface area (Å²) in [6, 6.07) is 7.47. The van der Waals surface area contributed by atoms with Crippen LogP contribution in [0.4, 0.5) is 0 Å². The molecule has 1 fully saturated rings. The van der Waals surface area contributed by atoms with E-state index in [-0.39, 0.29) is 17.5 Å². The number of pyridine rings is 1. The van der Waals surface area contributed by atoms with E-state index in [9.17, 15) is 9.59 Å². The fourth-order valence-corrected chi connectivity index (χ4v) is 4.76. The molecule has 2 aliphatic rings. The van der Waals surface area contributed by atoms with Gasteiger partial charge in [0.05, 0.1) is 19.2 Å².